The molecule has 0 aromatic heterocycles. The van der Waals surface area contributed by atoms with Crippen LogP contribution in [0.3, 0.4) is 0 Å². The molecule has 0 saturated carbocycles. The highest BCUT2D eigenvalue weighted by Gasteiger charge is 2.16. The maximum absolute atomic E-state index is 12.8. The molecule has 0 radical (unpaired) electrons. The first-order valence-corrected chi connectivity index (χ1v) is 4.66. The van der Waals surface area contributed by atoms with Crippen LogP contribution in [0.1, 0.15) is 27.2 Å². The fraction of sp³-hybridized carbons (Fsp3) is 0.889. The molecule has 84 valence electrons. The molecule has 0 aliphatic heterocycles. The number of nitrogens with one attached hydrogen (secondary N) is 1. The van der Waals surface area contributed by atoms with Gasteiger partial charge in [0.1, 0.15) is 11.8 Å². The molecule has 14 heavy (non-hydrogen) atoms. The number of alkyl carbamates (subject to hydrolysis) is 1. The van der Waals surface area contributed by atoms with Crippen molar-refractivity contribution >= 4 is 6.09 Å². The van der Waals surface area contributed by atoms with Crippen LogP contribution in [0.5, 0.6) is 0 Å². The van der Waals surface area contributed by atoms with Crippen LogP contribution in [0.4, 0.5) is 9.18 Å². The molecular formula is C9H19FN2O2. The summed E-state index contributed by atoms with van der Waals surface area (Å²) in [5.41, 5.74) is 4.60. The third-order valence-electron chi connectivity index (χ3n) is 1.35. The second-order valence-electron chi connectivity index (χ2n) is 4.06. The van der Waals surface area contributed by atoms with Crippen LogP contribution in [-0.2, 0) is 4.74 Å². The Hall–Kier alpha value is -0.840. The number of ether oxygens (including phenoxy) is 1. The first-order chi connectivity index (χ1) is 6.35. The quantitative estimate of drug-likeness (QED) is 0.726. The highest BCUT2D eigenvalue weighted by Crippen LogP contribution is 2.06. The molecule has 0 aromatic carbocycles. The van der Waals surface area contributed by atoms with Gasteiger partial charge in [0.2, 0.25) is 0 Å². The van der Waals surface area contributed by atoms with E-state index in [0.717, 1.165) is 0 Å². The van der Waals surface area contributed by atoms with Gasteiger partial charge in [0.25, 0.3) is 0 Å². The number of hydrogen-bond acceptors (Lipinski definition) is 3. The fourth-order valence-electron chi connectivity index (χ4n) is 0.791. The van der Waals surface area contributed by atoms with Gasteiger partial charge in [-0.25, -0.2) is 9.18 Å². The molecule has 4 nitrogen and oxygen atoms in total. The van der Waals surface area contributed by atoms with Crippen molar-refractivity contribution in [2.24, 2.45) is 5.73 Å². The maximum Gasteiger partial charge on any atom is 0.407 e. The Morgan fingerprint density at radius 1 is 1.57 bits per heavy atom. The molecule has 1 unspecified atom stereocenters. The van der Waals surface area contributed by atoms with E-state index in [1.807, 2.05) is 0 Å². The zero-order chi connectivity index (χ0) is 11.2. The van der Waals surface area contributed by atoms with Crippen molar-refractivity contribution in [1.82, 2.24) is 5.32 Å². The van der Waals surface area contributed by atoms with Gasteiger partial charge in [-0.1, -0.05) is 0 Å². The highest BCUT2D eigenvalue weighted by atomic mass is 19.1. The summed E-state index contributed by atoms with van der Waals surface area (Å²) in [4.78, 5) is 11.0. The molecule has 0 saturated heterocycles. The summed E-state index contributed by atoms with van der Waals surface area (Å²) in [6, 6.07) is 0. The summed E-state index contributed by atoms with van der Waals surface area (Å²) in [5.74, 6) is 0. The summed E-state index contributed by atoms with van der Waals surface area (Å²) in [7, 11) is 0. The minimum atomic E-state index is -1.10. The Kier molecular flexibility index (Phi) is 5.45. The lowest BCUT2D eigenvalue weighted by Crippen LogP contribution is -2.36. The van der Waals surface area contributed by atoms with Crippen molar-refractivity contribution in [3.63, 3.8) is 0 Å². The summed E-state index contributed by atoms with van der Waals surface area (Å²) >= 11 is 0. The Bertz CT molecular complexity index is 180. The van der Waals surface area contributed by atoms with Crippen molar-refractivity contribution in [3.05, 3.63) is 0 Å². The van der Waals surface area contributed by atoms with E-state index in [-0.39, 0.29) is 19.5 Å². The largest absolute Gasteiger partial charge is 0.444 e. The Labute approximate surface area is 84.0 Å². The van der Waals surface area contributed by atoms with Gasteiger partial charge < -0.3 is 15.8 Å². The minimum Gasteiger partial charge on any atom is -0.444 e. The molecule has 0 fully saturated rings. The third-order valence-corrected chi connectivity index (χ3v) is 1.35. The number of hydrogen-bond donors (Lipinski definition) is 2. The maximum atomic E-state index is 12.8. The van der Waals surface area contributed by atoms with Crippen LogP contribution in [0.2, 0.25) is 0 Å². The van der Waals surface area contributed by atoms with Crippen LogP contribution >= 0.6 is 0 Å². The SMILES string of the molecule is CC(C)(C)OC(=O)NCC(F)CCN. The van der Waals surface area contributed by atoms with Gasteiger partial charge in [-0.3, -0.25) is 0 Å². The van der Waals surface area contributed by atoms with Crippen LogP contribution in [0.25, 0.3) is 0 Å². The summed E-state index contributed by atoms with van der Waals surface area (Å²) in [5, 5.41) is 2.33. The van der Waals surface area contributed by atoms with Gasteiger partial charge in [0.15, 0.2) is 0 Å². The predicted molar refractivity (Wildman–Crippen MR) is 52.8 cm³/mol. The van der Waals surface area contributed by atoms with E-state index in [1.54, 1.807) is 20.8 Å². The number of carbonyl (C=O) groups excluding carboxylic acids is 1. The second kappa shape index (κ2) is 5.80. The predicted octanol–water partition coefficient (Wildman–Crippen LogP) is 1.20. The Balaban J connectivity index is 3.64. The summed E-state index contributed by atoms with van der Waals surface area (Å²) in [6.45, 7) is 5.47. The molecule has 0 aliphatic carbocycles. The Morgan fingerprint density at radius 3 is 2.57 bits per heavy atom. The summed E-state index contributed by atoms with van der Waals surface area (Å²) < 4.78 is 17.8. The van der Waals surface area contributed by atoms with Crippen LogP contribution in [-0.4, -0.2) is 31.0 Å². The lowest BCUT2D eigenvalue weighted by molar-refractivity contribution is 0.0512. The molecule has 0 aliphatic rings. The first kappa shape index (κ1) is 13.2. The van der Waals surface area contributed by atoms with E-state index in [9.17, 15) is 9.18 Å². The fourth-order valence-corrected chi connectivity index (χ4v) is 0.791. The van der Waals surface area contributed by atoms with Crippen LogP contribution in [0, 0.1) is 0 Å². The van der Waals surface area contributed by atoms with Crippen molar-refractivity contribution in [3.8, 4) is 0 Å². The molecular weight excluding hydrogens is 187 g/mol. The molecule has 0 spiro atoms. The number of alkyl halides is 1. The van der Waals surface area contributed by atoms with Crippen molar-refractivity contribution in [2.45, 2.75) is 39.0 Å². The third kappa shape index (κ3) is 7.79. The monoisotopic (exact) mass is 206 g/mol. The summed E-state index contributed by atoms with van der Waals surface area (Å²) in [6.07, 6.45) is -1.46. The van der Waals surface area contributed by atoms with E-state index < -0.39 is 17.9 Å². The number of carbonyl (C=O) groups is 1. The normalized spacial score (nSPS) is 13.5. The standard InChI is InChI=1S/C9H19FN2O2/c1-9(2,3)14-8(13)12-6-7(10)4-5-11/h7H,4-6,11H2,1-3H3,(H,12,13). The molecule has 0 heterocycles. The van der Waals surface area contributed by atoms with E-state index in [0.29, 0.717) is 0 Å². The zero-order valence-corrected chi connectivity index (χ0v) is 8.97. The molecule has 1 atom stereocenters. The van der Waals surface area contributed by atoms with E-state index in [4.69, 9.17) is 10.5 Å². The van der Waals surface area contributed by atoms with Crippen LogP contribution < -0.4 is 11.1 Å². The van der Waals surface area contributed by atoms with Crippen molar-refractivity contribution < 1.29 is 13.9 Å². The molecule has 1 amide bonds. The van der Waals surface area contributed by atoms with Gasteiger partial charge in [-0.05, 0) is 33.7 Å². The topological polar surface area (TPSA) is 64.3 Å². The number of halogens is 1. The first-order valence-electron chi connectivity index (χ1n) is 4.66. The second-order valence-corrected chi connectivity index (χ2v) is 4.06. The number of rotatable bonds is 4. The van der Waals surface area contributed by atoms with Crippen LogP contribution in [0.15, 0.2) is 0 Å². The molecule has 0 rings (SSSR count). The molecule has 5 heteroatoms. The molecule has 0 bridgehead atoms. The van der Waals surface area contributed by atoms with E-state index in [2.05, 4.69) is 5.32 Å². The smallest absolute Gasteiger partial charge is 0.407 e. The minimum absolute atomic E-state index is 0.0495. The van der Waals surface area contributed by atoms with Gasteiger partial charge in [-0.15, -0.1) is 0 Å². The van der Waals surface area contributed by atoms with Gasteiger partial charge in [-0.2, -0.15) is 0 Å². The molecule has 3 N–H and O–H groups in total. The van der Waals surface area contributed by atoms with E-state index in [1.165, 1.54) is 0 Å². The lowest BCUT2D eigenvalue weighted by atomic mass is 10.2. The van der Waals surface area contributed by atoms with Gasteiger partial charge in [0.05, 0.1) is 6.54 Å². The number of nitrogens with two attached hydrogens (primary N) is 1. The van der Waals surface area contributed by atoms with Crippen molar-refractivity contribution in [1.29, 1.82) is 0 Å². The average molecular weight is 206 g/mol. The van der Waals surface area contributed by atoms with Gasteiger partial charge >= 0.3 is 6.09 Å². The zero-order valence-electron chi connectivity index (χ0n) is 8.97. The highest BCUT2D eigenvalue weighted by molar-refractivity contribution is 5.67. The van der Waals surface area contributed by atoms with Crippen molar-refractivity contribution in [2.75, 3.05) is 13.1 Å². The van der Waals surface area contributed by atoms with E-state index >= 15 is 0 Å². The Morgan fingerprint density at radius 2 is 2.14 bits per heavy atom. The lowest BCUT2D eigenvalue weighted by Gasteiger charge is -2.20. The number of amides is 1. The van der Waals surface area contributed by atoms with Gasteiger partial charge in [0, 0.05) is 0 Å². The molecule has 0 aromatic rings. The average Bonchev–Trinajstić information content (AvgIpc) is 1.98.